The molecule has 0 amide bonds. The number of nitrogens with zero attached hydrogens (tertiary/aromatic N) is 6. The Balaban J connectivity index is 1.65. The zero-order valence-corrected chi connectivity index (χ0v) is 16.2. The Morgan fingerprint density at radius 2 is 1.86 bits per heavy atom. The van der Waals surface area contributed by atoms with E-state index in [1.54, 1.807) is 21.7 Å². The van der Waals surface area contributed by atoms with Gasteiger partial charge in [-0.1, -0.05) is 48.9 Å². The highest BCUT2D eigenvalue weighted by Crippen LogP contribution is 2.25. The maximum atomic E-state index is 6.28. The largest absolute Gasteiger partial charge is 0.216 e. The van der Waals surface area contributed by atoms with Crippen molar-refractivity contribution in [3.05, 3.63) is 71.1 Å². The SMILES string of the molecule is CCc1ccc(-c2nc3c4cnn(-c5ccc(C)c(Cl)c5)c4ncn3n2)cc1. The van der Waals surface area contributed by atoms with Crippen LogP contribution in [-0.2, 0) is 6.42 Å². The molecule has 0 aliphatic carbocycles. The van der Waals surface area contributed by atoms with Gasteiger partial charge in [-0.25, -0.2) is 19.2 Å². The Hall–Kier alpha value is -3.25. The molecule has 0 aliphatic heterocycles. The van der Waals surface area contributed by atoms with E-state index in [-0.39, 0.29) is 0 Å². The minimum Gasteiger partial charge on any atom is -0.216 e. The highest BCUT2D eigenvalue weighted by atomic mass is 35.5. The molecule has 5 rings (SSSR count). The fraction of sp³-hybridized carbons (Fsp3) is 0.143. The fourth-order valence-electron chi connectivity index (χ4n) is 3.24. The number of aromatic nitrogens is 6. The van der Waals surface area contributed by atoms with Crippen LogP contribution in [0.25, 0.3) is 33.8 Å². The highest BCUT2D eigenvalue weighted by molar-refractivity contribution is 6.31. The molecular weight excluding hydrogens is 372 g/mol. The van der Waals surface area contributed by atoms with Gasteiger partial charge in [0.25, 0.3) is 0 Å². The maximum Gasteiger partial charge on any atom is 0.182 e. The van der Waals surface area contributed by atoms with E-state index in [0.29, 0.717) is 16.5 Å². The van der Waals surface area contributed by atoms with E-state index in [1.165, 1.54) is 5.56 Å². The number of hydrogen-bond acceptors (Lipinski definition) is 4. The molecule has 0 fully saturated rings. The van der Waals surface area contributed by atoms with E-state index in [2.05, 4.69) is 46.4 Å². The lowest BCUT2D eigenvalue weighted by molar-refractivity contribution is 0.882. The van der Waals surface area contributed by atoms with Gasteiger partial charge in [0.1, 0.15) is 6.33 Å². The molecule has 6 nitrogen and oxygen atoms in total. The topological polar surface area (TPSA) is 60.9 Å². The fourth-order valence-corrected chi connectivity index (χ4v) is 3.41. The van der Waals surface area contributed by atoms with Gasteiger partial charge < -0.3 is 0 Å². The molecule has 3 aromatic heterocycles. The summed E-state index contributed by atoms with van der Waals surface area (Å²) in [4.78, 5) is 9.29. The van der Waals surface area contributed by atoms with Crippen molar-refractivity contribution in [1.82, 2.24) is 29.4 Å². The van der Waals surface area contributed by atoms with E-state index >= 15 is 0 Å². The minimum absolute atomic E-state index is 0.670. The van der Waals surface area contributed by atoms with Crippen LogP contribution < -0.4 is 0 Å². The van der Waals surface area contributed by atoms with E-state index in [9.17, 15) is 0 Å². The summed E-state index contributed by atoms with van der Waals surface area (Å²) in [5.74, 6) is 0.670. The predicted molar refractivity (Wildman–Crippen MR) is 110 cm³/mol. The van der Waals surface area contributed by atoms with Crippen LogP contribution in [0.15, 0.2) is 55.0 Å². The summed E-state index contributed by atoms with van der Waals surface area (Å²) in [5.41, 5.74) is 5.59. The maximum absolute atomic E-state index is 6.28. The summed E-state index contributed by atoms with van der Waals surface area (Å²) in [6.07, 6.45) is 4.44. The number of fused-ring (bicyclic) bond motifs is 3. The molecular formula is C21H17ClN6. The normalized spacial score (nSPS) is 11.5. The summed E-state index contributed by atoms with van der Waals surface area (Å²) in [6, 6.07) is 14.1. The number of halogens is 1. The smallest absolute Gasteiger partial charge is 0.182 e. The molecule has 0 saturated heterocycles. The molecule has 138 valence electrons. The molecule has 2 aromatic carbocycles. The molecule has 0 unspecified atom stereocenters. The van der Waals surface area contributed by atoms with E-state index in [0.717, 1.165) is 34.3 Å². The van der Waals surface area contributed by atoms with Gasteiger partial charge in [-0.3, -0.25) is 0 Å². The monoisotopic (exact) mass is 388 g/mol. The van der Waals surface area contributed by atoms with Crippen LogP contribution >= 0.6 is 11.6 Å². The summed E-state index contributed by atoms with van der Waals surface area (Å²) < 4.78 is 3.46. The lowest BCUT2D eigenvalue weighted by Crippen LogP contribution is -1.99. The van der Waals surface area contributed by atoms with Gasteiger partial charge in [-0.15, -0.1) is 5.10 Å². The molecule has 0 spiro atoms. The van der Waals surface area contributed by atoms with Crippen LogP contribution in [0, 0.1) is 6.92 Å². The Morgan fingerprint density at radius 3 is 2.61 bits per heavy atom. The molecule has 3 heterocycles. The van der Waals surface area contributed by atoms with Crippen molar-refractivity contribution >= 4 is 28.3 Å². The van der Waals surface area contributed by atoms with Crippen molar-refractivity contribution in [3.63, 3.8) is 0 Å². The number of rotatable bonds is 3. The highest BCUT2D eigenvalue weighted by Gasteiger charge is 2.14. The van der Waals surface area contributed by atoms with Gasteiger partial charge in [0.2, 0.25) is 0 Å². The molecule has 0 N–H and O–H groups in total. The van der Waals surface area contributed by atoms with Crippen LogP contribution in [0.3, 0.4) is 0 Å². The first-order valence-electron chi connectivity index (χ1n) is 9.09. The third kappa shape index (κ3) is 2.65. The second-order valence-corrected chi connectivity index (χ2v) is 7.13. The standard InChI is InChI=1S/C21H17ClN6/c1-3-14-5-7-15(8-6-14)19-25-21-17-11-24-28(20(17)23-12-27(21)26-19)16-9-4-13(2)18(22)10-16/h4-12H,3H2,1-2H3. The number of hydrogen-bond donors (Lipinski definition) is 0. The predicted octanol–water partition coefficient (Wildman–Crippen LogP) is 4.65. The van der Waals surface area contributed by atoms with Crippen molar-refractivity contribution in [2.24, 2.45) is 0 Å². The van der Waals surface area contributed by atoms with E-state index in [4.69, 9.17) is 16.6 Å². The van der Waals surface area contributed by atoms with Gasteiger partial charge in [-0.05, 0) is 36.6 Å². The zero-order chi connectivity index (χ0) is 19.3. The first-order chi connectivity index (χ1) is 13.6. The summed E-state index contributed by atoms with van der Waals surface area (Å²) in [7, 11) is 0. The molecule has 7 heteroatoms. The van der Waals surface area contributed by atoms with Crippen molar-refractivity contribution in [1.29, 1.82) is 0 Å². The summed E-state index contributed by atoms with van der Waals surface area (Å²) in [6.45, 7) is 4.11. The van der Waals surface area contributed by atoms with Gasteiger partial charge in [0, 0.05) is 10.6 Å². The number of aryl methyl sites for hydroxylation is 2. The first-order valence-corrected chi connectivity index (χ1v) is 9.47. The summed E-state index contributed by atoms with van der Waals surface area (Å²) >= 11 is 6.28. The average molecular weight is 389 g/mol. The van der Waals surface area contributed by atoms with Crippen LogP contribution in [0.1, 0.15) is 18.1 Å². The molecule has 0 bridgehead atoms. The van der Waals surface area contributed by atoms with Crippen LogP contribution in [0.5, 0.6) is 0 Å². The molecule has 0 aliphatic rings. The average Bonchev–Trinajstić information content (AvgIpc) is 3.34. The van der Waals surface area contributed by atoms with Gasteiger partial charge in [0.15, 0.2) is 17.1 Å². The quantitative estimate of drug-likeness (QED) is 0.451. The van der Waals surface area contributed by atoms with Crippen molar-refractivity contribution in [2.45, 2.75) is 20.3 Å². The third-order valence-corrected chi connectivity index (χ3v) is 5.33. The minimum atomic E-state index is 0.670. The molecule has 0 saturated carbocycles. The first kappa shape index (κ1) is 16.9. The summed E-state index contributed by atoms with van der Waals surface area (Å²) in [5, 5.41) is 10.6. The number of benzene rings is 2. The second kappa shape index (κ2) is 6.42. The molecule has 0 atom stereocenters. The van der Waals surface area contributed by atoms with Gasteiger partial charge >= 0.3 is 0 Å². The van der Waals surface area contributed by atoms with Crippen LogP contribution in [-0.4, -0.2) is 29.4 Å². The van der Waals surface area contributed by atoms with Crippen LogP contribution in [0.2, 0.25) is 5.02 Å². The molecule has 28 heavy (non-hydrogen) atoms. The van der Waals surface area contributed by atoms with Crippen molar-refractivity contribution in [3.8, 4) is 17.1 Å². The third-order valence-electron chi connectivity index (χ3n) is 4.93. The van der Waals surface area contributed by atoms with Gasteiger partial charge in [0.05, 0.1) is 17.3 Å². The Kier molecular flexibility index (Phi) is 3.87. The lowest BCUT2D eigenvalue weighted by atomic mass is 10.1. The second-order valence-electron chi connectivity index (χ2n) is 6.73. The Labute approximate surface area is 166 Å². The lowest BCUT2D eigenvalue weighted by Gasteiger charge is -2.05. The Morgan fingerprint density at radius 1 is 1.04 bits per heavy atom. The van der Waals surface area contributed by atoms with Crippen LogP contribution in [0.4, 0.5) is 0 Å². The van der Waals surface area contributed by atoms with Gasteiger partial charge in [-0.2, -0.15) is 5.10 Å². The van der Waals surface area contributed by atoms with Crippen molar-refractivity contribution < 1.29 is 0 Å². The zero-order valence-electron chi connectivity index (χ0n) is 15.5. The van der Waals surface area contributed by atoms with E-state index in [1.807, 2.05) is 25.1 Å². The molecule has 0 radical (unpaired) electrons. The Bertz CT molecular complexity index is 1320. The van der Waals surface area contributed by atoms with Crippen molar-refractivity contribution in [2.75, 3.05) is 0 Å². The molecule has 5 aromatic rings. The van der Waals surface area contributed by atoms with E-state index < -0.39 is 0 Å².